The maximum atomic E-state index is 13.5. The molecule has 0 aliphatic heterocycles. The van der Waals surface area contributed by atoms with Crippen molar-refractivity contribution in [2.45, 2.75) is 30.1 Å². The average molecular weight is 286 g/mol. The van der Waals surface area contributed by atoms with Crippen molar-refractivity contribution in [2.24, 2.45) is 5.92 Å². The first-order valence-corrected chi connectivity index (χ1v) is 7.89. The van der Waals surface area contributed by atoms with E-state index in [1.165, 1.54) is 12.1 Å². The molecule has 1 aliphatic carbocycles. The molecule has 2 rings (SSSR count). The summed E-state index contributed by atoms with van der Waals surface area (Å²) in [6.45, 7) is 0. The number of hydrogen-bond acceptors (Lipinski definition) is 3. The lowest BCUT2D eigenvalue weighted by Gasteiger charge is -2.15. The van der Waals surface area contributed by atoms with Gasteiger partial charge in [-0.1, -0.05) is 6.07 Å². The lowest BCUT2D eigenvalue weighted by atomic mass is 9.91. The fraction of sp³-hybridized carbons (Fsp3) is 0.462. The first kappa shape index (κ1) is 14.0. The van der Waals surface area contributed by atoms with Gasteiger partial charge in [0.15, 0.2) is 9.84 Å². The summed E-state index contributed by atoms with van der Waals surface area (Å²) < 4.78 is 36.5. The zero-order chi connectivity index (χ0) is 14.2. The van der Waals surface area contributed by atoms with Crippen molar-refractivity contribution < 1.29 is 22.7 Å². The second-order valence-electron chi connectivity index (χ2n) is 5.00. The van der Waals surface area contributed by atoms with E-state index in [0.29, 0.717) is 5.56 Å². The molecule has 0 heterocycles. The molecule has 0 bridgehead atoms. The van der Waals surface area contributed by atoms with Crippen molar-refractivity contribution in [1.29, 1.82) is 0 Å². The molecule has 0 aromatic heterocycles. The summed E-state index contributed by atoms with van der Waals surface area (Å²) >= 11 is 0. The summed E-state index contributed by atoms with van der Waals surface area (Å²) in [6, 6.07) is 3.86. The van der Waals surface area contributed by atoms with E-state index in [1.807, 2.05) is 0 Å². The highest BCUT2D eigenvalue weighted by Gasteiger charge is 2.34. The SMILES string of the molecule is CS(=O)(=O)c1cc(C(CC(=O)O)C2CC2)ccc1F. The first-order chi connectivity index (χ1) is 8.79. The Bertz CT molecular complexity index is 605. The molecule has 1 saturated carbocycles. The Morgan fingerprint density at radius 1 is 1.47 bits per heavy atom. The molecule has 1 unspecified atom stereocenters. The second kappa shape index (κ2) is 4.92. The highest BCUT2D eigenvalue weighted by Crippen LogP contribution is 2.44. The fourth-order valence-corrected chi connectivity index (χ4v) is 3.05. The third kappa shape index (κ3) is 3.32. The van der Waals surface area contributed by atoms with Crippen LogP contribution in [0.2, 0.25) is 0 Å². The van der Waals surface area contributed by atoms with Gasteiger partial charge in [-0.3, -0.25) is 4.79 Å². The standard InChI is InChI=1S/C13H15FO4S/c1-19(17,18)12-6-9(4-5-11(12)14)10(7-13(15)16)8-2-3-8/h4-6,8,10H,2-3,7H2,1H3,(H,15,16). The lowest BCUT2D eigenvalue weighted by molar-refractivity contribution is -0.137. The van der Waals surface area contributed by atoms with E-state index in [0.717, 1.165) is 25.2 Å². The third-order valence-corrected chi connectivity index (χ3v) is 4.48. The molecule has 104 valence electrons. The van der Waals surface area contributed by atoms with Crippen LogP contribution in [-0.4, -0.2) is 25.7 Å². The van der Waals surface area contributed by atoms with Crippen LogP contribution in [0.15, 0.2) is 23.1 Å². The van der Waals surface area contributed by atoms with E-state index < -0.39 is 21.6 Å². The minimum absolute atomic E-state index is 0.0561. The second-order valence-corrected chi connectivity index (χ2v) is 6.99. The molecule has 0 spiro atoms. The van der Waals surface area contributed by atoms with Crippen LogP contribution >= 0.6 is 0 Å². The Kier molecular flexibility index (Phi) is 3.62. The Morgan fingerprint density at radius 2 is 2.11 bits per heavy atom. The Hall–Kier alpha value is -1.43. The largest absolute Gasteiger partial charge is 0.481 e. The van der Waals surface area contributed by atoms with Crippen molar-refractivity contribution in [3.05, 3.63) is 29.6 Å². The van der Waals surface area contributed by atoms with E-state index in [9.17, 15) is 17.6 Å². The molecule has 1 aromatic carbocycles. The number of rotatable bonds is 5. The van der Waals surface area contributed by atoms with Gasteiger partial charge in [0.05, 0.1) is 6.42 Å². The Morgan fingerprint density at radius 3 is 2.58 bits per heavy atom. The molecular weight excluding hydrogens is 271 g/mol. The van der Waals surface area contributed by atoms with Crippen LogP contribution in [-0.2, 0) is 14.6 Å². The van der Waals surface area contributed by atoms with Crippen LogP contribution < -0.4 is 0 Å². The van der Waals surface area contributed by atoms with Crippen LogP contribution in [0, 0.1) is 11.7 Å². The highest BCUT2D eigenvalue weighted by atomic mass is 32.2. The zero-order valence-electron chi connectivity index (χ0n) is 10.5. The maximum Gasteiger partial charge on any atom is 0.303 e. The smallest absolute Gasteiger partial charge is 0.303 e. The molecule has 19 heavy (non-hydrogen) atoms. The van der Waals surface area contributed by atoms with Crippen molar-refractivity contribution in [3.8, 4) is 0 Å². The van der Waals surface area contributed by atoms with E-state index in [4.69, 9.17) is 5.11 Å². The molecular formula is C13H15FO4S. The van der Waals surface area contributed by atoms with E-state index in [1.54, 1.807) is 0 Å². The van der Waals surface area contributed by atoms with Crippen LogP contribution in [0.25, 0.3) is 0 Å². The number of carboxylic acid groups (broad SMARTS) is 1. The van der Waals surface area contributed by atoms with Gasteiger partial charge in [0.25, 0.3) is 0 Å². The fourth-order valence-electron chi connectivity index (χ4n) is 2.28. The van der Waals surface area contributed by atoms with Crippen LogP contribution in [0.3, 0.4) is 0 Å². The minimum Gasteiger partial charge on any atom is -0.481 e. The van der Waals surface area contributed by atoms with Crippen molar-refractivity contribution in [1.82, 2.24) is 0 Å². The monoisotopic (exact) mass is 286 g/mol. The first-order valence-electron chi connectivity index (χ1n) is 6.00. The summed E-state index contributed by atoms with van der Waals surface area (Å²) in [4.78, 5) is 10.5. The quantitative estimate of drug-likeness (QED) is 0.900. The van der Waals surface area contributed by atoms with Gasteiger partial charge in [0.2, 0.25) is 0 Å². The van der Waals surface area contributed by atoms with Crippen molar-refractivity contribution >= 4 is 15.8 Å². The third-order valence-electron chi connectivity index (χ3n) is 3.37. The number of carbonyl (C=O) groups is 1. The van der Waals surface area contributed by atoms with Gasteiger partial charge in [0.1, 0.15) is 10.7 Å². The van der Waals surface area contributed by atoms with Gasteiger partial charge >= 0.3 is 5.97 Å². The summed E-state index contributed by atoms with van der Waals surface area (Å²) in [5.74, 6) is -1.70. The molecule has 0 radical (unpaired) electrons. The van der Waals surface area contributed by atoms with Gasteiger partial charge in [0, 0.05) is 6.26 Å². The summed E-state index contributed by atoms with van der Waals surface area (Å²) in [5, 5.41) is 8.91. The molecule has 1 aromatic rings. The van der Waals surface area contributed by atoms with Crippen LogP contribution in [0.1, 0.15) is 30.7 Å². The lowest BCUT2D eigenvalue weighted by Crippen LogP contribution is -2.10. The molecule has 1 N–H and O–H groups in total. The highest BCUT2D eigenvalue weighted by molar-refractivity contribution is 7.90. The number of hydrogen-bond donors (Lipinski definition) is 1. The molecule has 1 aliphatic rings. The average Bonchev–Trinajstić information content (AvgIpc) is 3.08. The van der Waals surface area contributed by atoms with Gasteiger partial charge < -0.3 is 5.11 Å². The predicted molar refractivity (Wildman–Crippen MR) is 67.2 cm³/mol. The van der Waals surface area contributed by atoms with Crippen molar-refractivity contribution in [2.75, 3.05) is 6.26 Å². The topological polar surface area (TPSA) is 71.4 Å². The number of aliphatic carboxylic acids is 1. The van der Waals surface area contributed by atoms with Crippen LogP contribution in [0.4, 0.5) is 4.39 Å². The molecule has 1 atom stereocenters. The Labute approximate surface area is 111 Å². The van der Waals surface area contributed by atoms with E-state index >= 15 is 0 Å². The number of halogens is 1. The maximum absolute atomic E-state index is 13.5. The number of carboxylic acids is 1. The molecule has 0 saturated heterocycles. The zero-order valence-corrected chi connectivity index (χ0v) is 11.3. The summed E-state index contributed by atoms with van der Waals surface area (Å²) in [6.07, 6.45) is 2.76. The van der Waals surface area contributed by atoms with Gasteiger partial charge in [-0.25, -0.2) is 12.8 Å². The molecule has 6 heteroatoms. The molecule has 4 nitrogen and oxygen atoms in total. The van der Waals surface area contributed by atoms with Crippen molar-refractivity contribution in [3.63, 3.8) is 0 Å². The number of sulfone groups is 1. The van der Waals surface area contributed by atoms with Gasteiger partial charge in [-0.2, -0.15) is 0 Å². The predicted octanol–water partition coefficient (Wildman–Crippen LogP) is 2.20. The number of benzene rings is 1. The summed E-state index contributed by atoms with van der Waals surface area (Å²) in [7, 11) is -3.65. The minimum atomic E-state index is -3.65. The van der Waals surface area contributed by atoms with E-state index in [2.05, 4.69) is 0 Å². The molecule has 0 amide bonds. The normalized spacial score (nSPS) is 17.2. The van der Waals surface area contributed by atoms with Gasteiger partial charge in [-0.05, 0) is 42.4 Å². The van der Waals surface area contributed by atoms with Crippen LogP contribution in [0.5, 0.6) is 0 Å². The van der Waals surface area contributed by atoms with E-state index in [-0.39, 0.29) is 23.2 Å². The molecule has 1 fully saturated rings. The summed E-state index contributed by atoms with van der Waals surface area (Å²) in [5.41, 5.74) is 0.590. The van der Waals surface area contributed by atoms with Gasteiger partial charge in [-0.15, -0.1) is 0 Å². The Balaban J connectivity index is 2.41.